The fourth-order valence-electron chi connectivity index (χ4n) is 1.77. The topological polar surface area (TPSA) is 53.3 Å². The molecule has 84 valence electrons. The van der Waals surface area contributed by atoms with Crippen LogP contribution in [0.4, 0.5) is 4.79 Å². The van der Waals surface area contributed by atoms with E-state index in [9.17, 15) is 4.79 Å². The highest BCUT2D eigenvalue weighted by Gasteiger charge is 2.33. The third-order valence-corrected chi connectivity index (χ3v) is 2.72. The van der Waals surface area contributed by atoms with Gasteiger partial charge in [0, 0.05) is 12.6 Å². The molecule has 1 aliphatic heterocycles. The lowest BCUT2D eigenvalue weighted by atomic mass is 10.1. The molecule has 1 saturated heterocycles. The fraction of sp³-hybridized carbons (Fsp3) is 0.818. The molecule has 1 heterocycles. The molecule has 0 aromatic carbocycles. The molecule has 2 atom stereocenters. The summed E-state index contributed by atoms with van der Waals surface area (Å²) in [6, 6.07) is 2.33. The Bertz CT molecular complexity index is 260. The highest BCUT2D eigenvalue weighted by atomic mass is 16.6. The molecule has 0 aromatic rings. The van der Waals surface area contributed by atoms with Gasteiger partial charge in [-0.15, -0.1) is 0 Å². The van der Waals surface area contributed by atoms with Crippen LogP contribution in [-0.2, 0) is 4.74 Å². The number of hydrogen-bond acceptors (Lipinski definition) is 3. The first-order valence-electron chi connectivity index (χ1n) is 5.52. The van der Waals surface area contributed by atoms with E-state index >= 15 is 0 Å². The largest absolute Gasteiger partial charge is 0.449 e. The van der Waals surface area contributed by atoms with Gasteiger partial charge in [0.05, 0.1) is 18.6 Å². The van der Waals surface area contributed by atoms with Gasteiger partial charge in [0.15, 0.2) is 0 Å². The zero-order valence-electron chi connectivity index (χ0n) is 9.40. The lowest BCUT2D eigenvalue weighted by Crippen LogP contribution is -2.34. The molecule has 1 fully saturated rings. The Morgan fingerprint density at radius 1 is 1.67 bits per heavy atom. The van der Waals surface area contributed by atoms with Crippen molar-refractivity contribution in [2.24, 2.45) is 5.92 Å². The molecule has 0 saturated carbocycles. The number of carbonyl (C=O) groups excluding carboxylic acids is 1. The Kier molecular flexibility index (Phi) is 4.41. The lowest BCUT2D eigenvalue weighted by molar-refractivity contribution is 0.0988. The molecule has 0 bridgehead atoms. The standard InChI is InChI=1S/C11H18N2O2/c1-3-4-5-15-11(14)13-8-10(7-12)6-9(13)2/h9-10H,3-6,8H2,1-2H3/t9-,10-/m0/s1. The van der Waals surface area contributed by atoms with Crippen molar-refractivity contribution in [1.29, 1.82) is 5.26 Å². The molecule has 15 heavy (non-hydrogen) atoms. The van der Waals surface area contributed by atoms with E-state index in [2.05, 4.69) is 13.0 Å². The van der Waals surface area contributed by atoms with Gasteiger partial charge in [-0.1, -0.05) is 13.3 Å². The van der Waals surface area contributed by atoms with Crippen LogP contribution in [0.3, 0.4) is 0 Å². The van der Waals surface area contributed by atoms with E-state index in [-0.39, 0.29) is 18.1 Å². The number of ether oxygens (including phenoxy) is 1. The number of amides is 1. The fourth-order valence-corrected chi connectivity index (χ4v) is 1.77. The van der Waals surface area contributed by atoms with Gasteiger partial charge in [0.1, 0.15) is 0 Å². The summed E-state index contributed by atoms with van der Waals surface area (Å²) in [6.07, 6.45) is 2.41. The van der Waals surface area contributed by atoms with E-state index in [0.717, 1.165) is 19.3 Å². The van der Waals surface area contributed by atoms with Crippen LogP contribution in [0, 0.1) is 17.2 Å². The number of carbonyl (C=O) groups is 1. The third-order valence-electron chi connectivity index (χ3n) is 2.72. The molecule has 0 aromatic heterocycles. The quantitative estimate of drug-likeness (QED) is 0.671. The molecule has 1 aliphatic rings. The third kappa shape index (κ3) is 3.12. The number of hydrogen-bond donors (Lipinski definition) is 0. The predicted octanol–water partition coefficient (Wildman–Crippen LogP) is 2.16. The maximum absolute atomic E-state index is 11.6. The van der Waals surface area contributed by atoms with Crippen molar-refractivity contribution in [2.45, 2.75) is 39.2 Å². The van der Waals surface area contributed by atoms with Gasteiger partial charge in [-0.2, -0.15) is 5.26 Å². The summed E-state index contributed by atoms with van der Waals surface area (Å²) < 4.78 is 5.11. The summed E-state index contributed by atoms with van der Waals surface area (Å²) in [6.45, 7) is 5.01. The average Bonchev–Trinajstić information content (AvgIpc) is 2.60. The van der Waals surface area contributed by atoms with E-state index in [1.807, 2.05) is 6.92 Å². The molecule has 4 heteroatoms. The SMILES string of the molecule is CCCCOC(=O)N1C[C@H](C#N)C[C@@H]1C. The van der Waals surface area contributed by atoms with Crippen LogP contribution in [0.25, 0.3) is 0 Å². The van der Waals surface area contributed by atoms with Crippen molar-refractivity contribution in [3.63, 3.8) is 0 Å². The van der Waals surface area contributed by atoms with E-state index in [4.69, 9.17) is 10.00 Å². The average molecular weight is 210 g/mol. The molecule has 0 radical (unpaired) electrons. The maximum Gasteiger partial charge on any atom is 0.410 e. The smallest absolute Gasteiger partial charge is 0.410 e. The zero-order chi connectivity index (χ0) is 11.3. The Morgan fingerprint density at radius 3 is 2.93 bits per heavy atom. The van der Waals surface area contributed by atoms with Gasteiger partial charge in [-0.05, 0) is 19.8 Å². The Hall–Kier alpha value is -1.24. The van der Waals surface area contributed by atoms with Gasteiger partial charge in [0.2, 0.25) is 0 Å². The number of rotatable bonds is 3. The van der Waals surface area contributed by atoms with Gasteiger partial charge in [0.25, 0.3) is 0 Å². The van der Waals surface area contributed by atoms with Gasteiger partial charge >= 0.3 is 6.09 Å². The van der Waals surface area contributed by atoms with E-state index in [1.54, 1.807) is 4.90 Å². The molecule has 0 aliphatic carbocycles. The minimum atomic E-state index is -0.270. The Balaban J connectivity index is 2.37. The molecular weight excluding hydrogens is 192 g/mol. The van der Waals surface area contributed by atoms with Crippen LogP contribution in [-0.4, -0.2) is 30.2 Å². The van der Waals surface area contributed by atoms with Crippen LogP contribution < -0.4 is 0 Å². The first-order chi connectivity index (χ1) is 7.19. The number of likely N-dealkylation sites (tertiary alicyclic amines) is 1. The molecular formula is C11H18N2O2. The molecule has 0 N–H and O–H groups in total. The van der Waals surface area contributed by atoms with Crippen LogP contribution in [0.5, 0.6) is 0 Å². The van der Waals surface area contributed by atoms with Crippen LogP contribution >= 0.6 is 0 Å². The summed E-state index contributed by atoms with van der Waals surface area (Å²) in [4.78, 5) is 13.2. The minimum Gasteiger partial charge on any atom is -0.449 e. The Morgan fingerprint density at radius 2 is 2.40 bits per heavy atom. The van der Waals surface area contributed by atoms with Crippen LogP contribution in [0.1, 0.15) is 33.1 Å². The van der Waals surface area contributed by atoms with Crippen molar-refractivity contribution in [2.75, 3.05) is 13.2 Å². The van der Waals surface area contributed by atoms with Crippen molar-refractivity contribution in [3.05, 3.63) is 0 Å². The van der Waals surface area contributed by atoms with Gasteiger partial charge in [-0.3, -0.25) is 0 Å². The first kappa shape index (κ1) is 11.8. The maximum atomic E-state index is 11.6. The van der Waals surface area contributed by atoms with E-state index < -0.39 is 0 Å². The van der Waals surface area contributed by atoms with Crippen molar-refractivity contribution >= 4 is 6.09 Å². The molecule has 4 nitrogen and oxygen atoms in total. The highest BCUT2D eigenvalue weighted by Crippen LogP contribution is 2.22. The van der Waals surface area contributed by atoms with Gasteiger partial charge in [-0.25, -0.2) is 4.79 Å². The predicted molar refractivity (Wildman–Crippen MR) is 56.1 cm³/mol. The summed E-state index contributed by atoms with van der Waals surface area (Å²) in [5.41, 5.74) is 0. The second kappa shape index (κ2) is 5.59. The molecule has 0 spiro atoms. The second-order valence-electron chi connectivity index (χ2n) is 4.03. The molecule has 0 unspecified atom stereocenters. The van der Waals surface area contributed by atoms with Gasteiger partial charge < -0.3 is 9.64 Å². The monoisotopic (exact) mass is 210 g/mol. The molecule has 1 rings (SSSR count). The van der Waals surface area contributed by atoms with Crippen molar-refractivity contribution in [1.82, 2.24) is 4.90 Å². The number of unbranched alkanes of at least 4 members (excludes halogenated alkanes) is 1. The van der Waals surface area contributed by atoms with Crippen LogP contribution in [0.2, 0.25) is 0 Å². The number of nitriles is 1. The minimum absolute atomic E-state index is 0.0290. The lowest BCUT2D eigenvalue weighted by Gasteiger charge is -2.20. The zero-order valence-corrected chi connectivity index (χ0v) is 9.40. The summed E-state index contributed by atoms with van der Waals surface area (Å²) in [7, 11) is 0. The van der Waals surface area contributed by atoms with Crippen molar-refractivity contribution in [3.8, 4) is 6.07 Å². The van der Waals surface area contributed by atoms with Crippen molar-refractivity contribution < 1.29 is 9.53 Å². The number of nitrogens with zero attached hydrogens (tertiary/aromatic N) is 2. The normalized spacial score (nSPS) is 25.0. The molecule has 1 amide bonds. The highest BCUT2D eigenvalue weighted by molar-refractivity contribution is 5.68. The first-order valence-corrected chi connectivity index (χ1v) is 5.52. The second-order valence-corrected chi connectivity index (χ2v) is 4.03. The summed E-state index contributed by atoms with van der Waals surface area (Å²) in [5, 5.41) is 8.77. The van der Waals surface area contributed by atoms with Crippen LogP contribution in [0.15, 0.2) is 0 Å². The summed E-state index contributed by atoms with van der Waals surface area (Å²) >= 11 is 0. The summed E-state index contributed by atoms with van der Waals surface area (Å²) in [5.74, 6) is -0.0290. The van der Waals surface area contributed by atoms with E-state index in [0.29, 0.717) is 13.2 Å². The van der Waals surface area contributed by atoms with E-state index in [1.165, 1.54) is 0 Å². The Labute approximate surface area is 90.8 Å².